The molecule has 0 saturated carbocycles. The van der Waals surface area contributed by atoms with Gasteiger partial charge >= 0.3 is 5.97 Å². The summed E-state index contributed by atoms with van der Waals surface area (Å²) in [7, 11) is 1.58. The smallest absolute Gasteiger partial charge is 0.339 e. The molecule has 29 heavy (non-hydrogen) atoms. The minimum absolute atomic E-state index is 0.0184. The summed E-state index contributed by atoms with van der Waals surface area (Å²) < 4.78 is 11.0. The van der Waals surface area contributed by atoms with Crippen LogP contribution < -0.4 is 4.74 Å². The molecule has 0 aliphatic carbocycles. The normalized spacial score (nSPS) is 17.3. The number of methoxy groups -OCH3 is 1. The number of rotatable bonds is 2. The van der Waals surface area contributed by atoms with E-state index in [-0.39, 0.29) is 11.9 Å². The van der Waals surface area contributed by atoms with Crippen LogP contribution in [0.1, 0.15) is 39.1 Å². The van der Waals surface area contributed by atoms with Crippen LogP contribution in [0.2, 0.25) is 0 Å². The van der Waals surface area contributed by atoms with E-state index >= 15 is 0 Å². The molecule has 0 aromatic heterocycles. The Hall–Kier alpha value is -3.34. The van der Waals surface area contributed by atoms with Gasteiger partial charge in [-0.2, -0.15) is 0 Å². The number of piperidine rings is 1. The highest BCUT2D eigenvalue weighted by Crippen LogP contribution is 2.45. The molecule has 1 fully saturated rings. The first-order valence-corrected chi connectivity index (χ1v) is 9.80. The number of hydrogen-bond acceptors (Lipinski definition) is 4. The SMILES string of the molecule is COc1ccc2c(c1)C(=O)OC21CCN(C(=O)c2ccc3ccccc3c2)CC1. The van der Waals surface area contributed by atoms with E-state index in [0.29, 0.717) is 42.8 Å². The predicted octanol–water partition coefficient (Wildman–Crippen LogP) is 4.15. The number of nitrogens with zero attached hydrogens (tertiary/aromatic N) is 1. The summed E-state index contributed by atoms with van der Waals surface area (Å²) in [5.41, 5.74) is 1.52. The molecule has 0 radical (unpaired) electrons. The number of carbonyl (C=O) groups is 2. The van der Waals surface area contributed by atoms with Gasteiger partial charge in [0.2, 0.25) is 0 Å². The van der Waals surface area contributed by atoms with Gasteiger partial charge in [0, 0.05) is 37.1 Å². The summed E-state index contributed by atoms with van der Waals surface area (Å²) in [4.78, 5) is 27.3. The van der Waals surface area contributed by atoms with E-state index in [1.807, 2.05) is 59.5 Å². The van der Waals surface area contributed by atoms with E-state index in [1.54, 1.807) is 13.2 Å². The van der Waals surface area contributed by atoms with Gasteiger partial charge in [-0.15, -0.1) is 0 Å². The fourth-order valence-electron chi connectivity index (χ4n) is 4.45. The van der Waals surface area contributed by atoms with Crippen molar-refractivity contribution in [3.05, 3.63) is 77.4 Å². The number of likely N-dealkylation sites (tertiary alicyclic amines) is 1. The Morgan fingerprint density at radius 2 is 1.76 bits per heavy atom. The van der Waals surface area contributed by atoms with Crippen molar-refractivity contribution in [3.8, 4) is 5.75 Å². The molecule has 1 saturated heterocycles. The van der Waals surface area contributed by atoms with Crippen molar-refractivity contribution in [3.63, 3.8) is 0 Å². The Kier molecular flexibility index (Phi) is 4.05. The number of carbonyl (C=O) groups excluding carboxylic acids is 2. The van der Waals surface area contributed by atoms with Crippen LogP contribution in [0.15, 0.2) is 60.7 Å². The van der Waals surface area contributed by atoms with Gasteiger partial charge in [0.15, 0.2) is 0 Å². The third-order valence-corrected chi connectivity index (χ3v) is 6.08. The first kappa shape index (κ1) is 17.7. The predicted molar refractivity (Wildman–Crippen MR) is 109 cm³/mol. The van der Waals surface area contributed by atoms with Crippen LogP contribution in [-0.2, 0) is 10.3 Å². The van der Waals surface area contributed by atoms with Crippen LogP contribution in [0.4, 0.5) is 0 Å². The number of ether oxygens (including phenoxy) is 2. The number of esters is 1. The third kappa shape index (κ3) is 2.85. The zero-order valence-corrected chi connectivity index (χ0v) is 16.2. The second-order valence-electron chi connectivity index (χ2n) is 7.65. The topological polar surface area (TPSA) is 55.8 Å². The highest BCUT2D eigenvalue weighted by atomic mass is 16.6. The minimum Gasteiger partial charge on any atom is -0.497 e. The van der Waals surface area contributed by atoms with E-state index in [9.17, 15) is 9.59 Å². The molecule has 1 spiro atoms. The largest absolute Gasteiger partial charge is 0.497 e. The molecule has 5 heteroatoms. The molecule has 0 bridgehead atoms. The van der Waals surface area contributed by atoms with Crippen molar-refractivity contribution in [1.82, 2.24) is 4.90 Å². The summed E-state index contributed by atoms with van der Waals surface area (Å²) >= 11 is 0. The molecule has 3 aromatic carbocycles. The van der Waals surface area contributed by atoms with Gasteiger partial charge in [-0.1, -0.05) is 36.4 Å². The summed E-state index contributed by atoms with van der Waals surface area (Å²) in [6.07, 6.45) is 1.19. The van der Waals surface area contributed by atoms with Crippen LogP contribution in [0.25, 0.3) is 10.8 Å². The fourth-order valence-corrected chi connectivity index (χ4v) is 4.45. The van der Waals surface area contributed by atoms with Crippen LogP contribution in [-0.4, -0.2) is 37.0 Å². The fraction of sp³-hybridized carbons (Fsp3) is 0.250. The van der Waals surface area contributed by atoms with Crippen LogP contribution >= 0.6 is 0 Å². The Bertz CT molecular complexity index is 1130. The van der Waals surface area contributed by atoms with Gasteiger partial charge in [0.1, 0.15) is 11.4 Å². The molecule has 2 aliphatic rings. The molecule has 146 valence electrons. The maximum atomic E-state index is 13.0. The van der Waals surface area contributed by atoms with Gasteiger partial charge in [-0.05, 0) is 35.0 Å². The molecule has 0 N–H and O–H groups in total. The lowest BCUT2D eigenvalue weighted by atomic mass is 9.83. The van der Waals surface area contributed by atoms with Crippen molar-refractivity contribution < 1.29 is 19.1 Å². The average Bonchev–Trinajstić information content (AvgIpc) is 3.04. The standard InChI is InChI=1S/C24H21NO4/c1-28-19-8-9-21-20(15-19)23(27)29-24(21)10-12-25(13-11-24)22(26)18-7-6-16-4-2-3-5-17(16)14-18/h2-9,14-15H,10-13H2,1H3. The highest BCUT2D eigenvalue weighted by molar-refractivity contribution is 5.99. The number of hydrogen-bond donors (Lipinski definition) is 0. The van der Waals surface area contributed by atoms with Crippen LogP contribution in [0, 0.1) is 0 Å². The monoisotopic (exact) mass is 387 g/mol. The number of fused-ring (bicyclic) bond motifs is 3. The maximum Gasteiger partial charge on any atom is 0.339 e. The first-order valence-electron chi connectivity index (χ1n) is 9.80. The van der Waals surface area contributed by atoms with Gasteiger partial charge in [0.05, 0.1) is 12.7 Å². The molecular weight excluding hydrogens is 366 g/mol. The molecule has 0 unspecified atom stereocenters. The van der Waals surface area contributed by atoms with E-state index in [4.69, 9.17) is 9.47 Å². The average molecular weight is 387 g/mol. The molecular formula is C24H21NO4. The number of amides is 1. The number of benzene rings is 3. The molecule has 2 heterocycles. The van der Waals surface area contributed by atoms with Gasteiger partial charge in [0.25, 0.3) is 5.91 Å². The quantitative estimate of drug-likeness (QED) is 0.620. The lowest BCUT2D eigenvalue weighted by Crippen LogP contribution is -2.45. The Morgan fingerprint density at radius 3 is 2.52 bits per heavy atom. The summed E-state index contributed by atoms with van der Waals surface area (Å²) in [6.45, 7) is 1.09. The molecule has 0 atom stereocenters. The zero-order chi connectivity index (χ0) is 20.0. The van der Waals surface area contributed by atoms with Crippen LogP contribution in [0.5, 0.6) is 5.75 Å². The Morgan fingerprint density at radius 1 is 1.00 bits per heavy atom. The lowest BCUT2D eigenvalue weighted by Gasteiger charge is -2.38. The molecule has 3 aromatic rings. The highest BCUT2D eigenvalue weighted by Gasteiger charge is 2.48. The van der Waals surface area contributed by atoms with Crippen molar-refractivity contribution in [2.24, 2.45) is 0 Å². The van der Waals surface area contributed by atoms with E-state index in [1.165, 1.54) is 0 Å². The zero-order valence-electron chi connectivity index (χ0n) is 16.2. The van der Waals surface area contributed by atoms with Crippen molar-refractivity contribution in [2.45, 2.75) is 18.4 Å². The molecule has 2 aliphatic heterocycles. The van der Waals surface area contributed by atoms with Crippen molar-refractivity contribution in [1.29, 1.82) is 0 Å². The Labute approximate surface area is 168 Å². The van der Waals surface area contributed by atoms with Gasteiger partial charge in [-0.25, -0.2) is 4.79 Å². The van der Waals surface area contributed by atoms with E-state index in [0.717, 1.165) is 16.3 Å². The summed E-state index contributed by atoms with van der Waals surface area (Å²) in [6, 6.07) is 19.3. The molecule has 1 amide bonds. The van der Waals surface area contributed by atoms with Crippen LogP contribution in [0.3, 0.4) is 0 Å². The molecule has 5 nitrogen and oxygen atoms in total. The maximum absolute atomic E-state index is 13.0. The second kappa shape index (κ2) is 6.62. The second-order valence-corrected chi connectivity index (χ2v) is 7.65. The van der Waals surface area contributed by atoms with E-state index in [2.05, 4.69) is 0 Å². The Balaban J connectivity index is 1.36. The minimum atomic E-state index is -0.640. The summed E-state index contributed by atoms with van der Waals surface area (Å²) in [5.74, 6) is 0.347. The van der Waals surface area contributed by atoms with E-state index < -0.39 is 5.60 Å². The molecule has 5 rings (SSSR count). The first-order chi connectivity index (χ1) is 14.1. The van der Waals surface area contributed by atoms with Gasteiger partial charge in [-0.3, -0.25) is 4.79 Å². The van der Waals surface area contributed by atoms with Gasteiger partial charge < -0.3 is 14.4 Å². The van der Waals surface area contributed by atoms with Crippen molar-refractivity contribution in [2.75, 3.05) is 20.2 Å². The lowest BCUT2D eigenvalue weighted by molar-refractivity contribution is -0.0389. The van der Waals surface area contributed by atoms with Crippen molar-refractivity contribution >= 4 is 22.6 Å². The summed E-state index contributed by atoms with van der Waals surface area (Å²) in [5, 5.41) is 2.17. The third-order valence-electron chi connectivity index (χ3n) is 6.08.